The van der Waals surface area contributed by atoms with Crippen molar-refractivity contribution < 1.29 is 18.8 Å². The van der Waals surface area contributed by atoms with Crippen molar-refractivity contribution in [3.8, 4) is 0 Å². The summed E-state index contributed by atoms with van der Waals surface area (Å²) in [7, 11) is 0. The molecule has 1 atom stereocenters. The fourth-order valence-corrected chi connectivity index (χ4v) is 6.45. The molecule has 3 amide bonds. The van der Waals surface area contributed by atoms with Crippen molar-refractivity contribution in [2.75, 3.05) is 36.4 Å². The van der Waals surface area contributed by atoms with Crippen LogP contribution in [-0.2, 0) is 14.4 Å². The average molecular weight is 514 g/mol. The summed E-state index contributed by atoms with van der Waals surface area (Å²) in [6.07, 6.45) is 10.5. The maximum Gasteiger partial charge on any atom is 0.249 e. The van der Waals surface area contributed by atoms with Gasteiger partial charge in [0.25, 0.3) is 0 Å². The van der Waals surface area contributed by atoms with Crippen LogP contribution >= 0.6 is 0 Å². The van der Waals surface area contributed by atoms with Crippen molar-refractivity contribution in [2.24, 2.45) is 5.92 Å². The predicted octanol–water partition coefficient (Wildman–Crippen LogP) is 3.17. The molecule has 5 rings (SSSR count). The Hall–Kier alpha value is -2.68. The number of carbonyl (C=O) groups is 3. The van der Waals surface area contributed by atoms with Gasteiger partial charge in [0, 0.05) is 43.2 Å². The van der Waals surface area contributed by atoms with E-state index >= 15 is 4.39 Å². The van der Waals surface area contributed by atoms with Crippen molar-refractivity contribution in [2.45, 2.75) is 88.8 Å². The molecule has 8 nitrogen and oxygen atoms in total. The van der Waals surface area contributed by atoms with Gasteiger partial charge in [-0.15, -0.1) is 0 Å². The van der Waals surface area contributed by atoms with Crippen LogP contribution in [0.5, 0.6) is 0 Å². The fraction of sp³-hybridized carbons (Fsp3) is 0.679. The van der Waals surface area contributed by atoms with Crippen LogP contribution in [0.2, 0.25) is 0 Å². The van der Waals surface area contributed by atoms with Gasteiger partial charge in [-0.2, -0.15) is 0 Å². The largest absolute Gasteiger partial charge is 0.374 e. The number of hydrogen-bond acceptors (Lipinski definition) is 6. The second kappa shape index (κ2) is 11.8. The molecule has 3 aliphatic heterocycles. The molecule has 0 aromatic heterocycles. The number of benzene rings is 1. The first kappa shape index (κ1) is 25.9. The van der Waals surface area contributed by atoms with Gasteiger partial charge in [0.1, 0.15) is 11.9 Å². The van der Waals surface area contributed by atoms with Crippen LogP contribution in [0.4, 0.5) is 15.8 Å². The highest BCUT2D eigenvalue weighted by atomic mass is 19.1. The number of carbonyl (C=O) groups excluding carboxylic acids is 3. The van der Waals surface area contributed by atoms with Gasteiger partial charge in [0.15, 0.2) is 0 Å². The minimum absolute atomic E-state index is 0.139. The SMILES string of the molecule is O=C1CCC(Nc2ccc(N3CCC(N4CCC(C(=O)NC5CCCCC5)CC4)CC3)c(F)c2)C(=O)N1. The van der Waals surface area contributed by atoms with Crippen LogP contribution in [0.25, 0.3) is 0 Å². The zero-order valence-corrected chi connectivity index (χ0v) is 21.6. The third kappa shape index (κ3) is 6.43. The van der Waals surface area contributed by atoms with E-state index in [0.717, 1.165) is 64.7 Å². The van der Waals surface area contributed by atoms with E-state index in [9.17, 15) is 14.4 Å². The Morgan fingerprint density at radius 3 is 2.32 bits per heavy atom. The number of nitrogens with zero attached hydrogens (tertiary/aromatic N) is 2. The Kier molecular flexibility index (Phi) is 8.27. The maximum absolute atomic E-state index is 15.0. The molecular formula is C28H40FN5O3. The lowest BCUT2D eigenvalue weighted by molar-refractivity contribution is -0.133. The highest BCUT2D eigenvalue weighted by Crippen LogP contribution is 2.30. The molecule has 3 saturated heterocycles. The third-order valence-corrected chi connectivity index (χ3v) is 8.70. The quantitative estimate of drug-likeness (QED) is 0.506. The molecule has 1 aromatic carbocycles. The van der Waals surface area contributed by atoms with Gasteiger partial charge >= 0.3 is 0 Å². The summed E-state index contributed by atoms with van der Waals surface area (Å²) in [6.45, 7) is 3.51. The highest BCUT2D eigenvalue weighted by Gasteiger charge is 2.32. The third-order valence-electron chi connectivity index (χ3n) is 8.70. The minimum atomic E-state index is -0.527. The highest BCUT2D eigenvalue weighted by molar-refractivity contribution is 6.01. The van der Waals surface area contributed by atoms with E-state index < -0.39 is 6.04 Å². The van der Waals surface area contributed by atoms with Crippen LogP contribution in [0.1, 0.15) is 70.6 Å². The molecule has 1 aromatic rings. The van der Waals surface area contributed by atoms with Gasteiger partial charge in [-0.1, -0.05) is 19.3 Å². The fourth-order valence-electron chi connectivity index (χ4n) is 6.45. The molecule has 3 N–H and O–H groups in total. The lowest BCUT2D eigenvalue weighted by Gasteiger charge is -2.42. The molecule has 1 aliphatic carbocycles. The predicted molar refractivity (Wildman–Crippen MR) is 141 cm³/mol. The van der Waals surface area contributed by atoms with E-state index in [1.54, 1.807) is 12.1 Å². The number of hydrogen-bond donors (Lipinski definition) is 3. The second-order valence-corrected chi connectivity index (χ2v) is 11.2. The van der Waals surface area contributed by atoms with Crippen molar-refractivity contribution in [1.29, 1.82) is 0 Å². The molecule has 1 saturated carbocycles. The molecule has 202 valence electrons. The molecule has 3 heterocycles. The lowest BCUT2D eigenvalue weighted by atomic mass is 9.91. The molecule has 4 aliphatic rings. The van der Waals surface area contributed by atoms with E-state index in [1.165, 1.54) is 25.3 Å². The number of likely N-dealkylation sites (tertiary alicyclic amines) is 1. The van der Waals surface area contributed by atoms with Gasteiger partial charge in [0.05, 0.1) is 5.69 Å². The Bertz CT molecular complexity index is 982. The van der Waals surface area contributed by atoms with Crippen LogP contribution < -0.4 is 20.9 Å². The van der Waals surface area contributed by atoms with Gasteiger partial charge in [-0.25, -0.2) is 4.39 Å². The van der Waals surface area contributed by atoms with E-state index in [-0.39, 0.29) is 35.9 Å². The van der Waals surface area contributed by atoms with Crippen molar-refractivity contribution in [3.05, 3.63) is 24.0 Å². The Labute approximate surface area is 218 Å². The molecule has 0 bridgehead atoms. The molecule has 1 unspecified atom stereocenters. The summed E-state index contributed by atoms with van der Waals surface area (Å²) in [5, 5.41) is 8.67. The van der Waals surface area contributed by atoms with Gasteiger partial charge in [-0.05, 0) is 76.2 Å². The zero-order valence-electron chi connectivity index (χ0n) is 21.6. The zero-order chi connectivity index (χ0) is 25.8. The molecule has 0 spiro atoms. The number of halogens is 1. The lowest BCUT2D eigenvalue weighted by Crippen LogP contribution is -2.50. The first-order chi connectivity index (χ1) is 18.0. The summed E-state index contributed by atoms with van der Waals surface area (Å²) in [6, 6.07) is 5.36. The normalized spacial score (nSPS) is 25.1. The maximum atomic E-state index is 15.0. The van der Waals surface area contributed by atoms with E-state index in [1.807, 2.05) is 0 Å². The van der Waals surface area contributed by atoms with Gasteiger partial charge in [0.2, 0.25) is 17.7 Å². The first-order valence-corrected chi connectivity index (χ1v) is 14.2. The Morgan fingerprint density at radius 2 is 1.65 bits per heavy atom. The number of amides is 3. The monoisotopic (exact) mass is 513 g/mol. The number of piperidine rings is 3. The number of anilines is 2. The minimum Gasteiger partial charge on any atom is -0.374 e. The summed E-state index contributed by atoms with van der Waals surface area (Å²) in [4.78, 5) is 40.7. The summed E-state index contributed by atoms with van der Waals surface area (Å²) < 4.78 is 15.0. The van der Waals surface area contributed by atoms with Crippen LogP contribution in [0, 0.1) is 11.7 Å². The summed E-state index contributed by atoms with van der Waals surface area (Å²) >= 11 is 0. The van der Waals surface area contributed by atoms with Crippen molar-refractivity contribution in [1.82, 2.24) is 15.5 Å². The van der Waals surface area contributed by atoms with Crippen LogP contribution in [-0.4, -0.2) is 66.9 Å². The topological polar surface area (TPSA) is 93.8 Å². The standard InChI is InChI=1S/C28H40FN5O3/c29-23-18-21(30-24-7-9-26(35)32-28(24)37)6-8-25(23)34-16-12-22(13-17-34)33-14-10-19(11-15-33)27(36)31-20-4-2-1-3-5-20/h6,8,18-20,22,24,30H,1-5,7,9-17H2,(H,31,36)(H,32,35,37). The van der Waals surface area contributed by atoms with Gasteiger partial charge in [-0.3, -0.25) is 19.7 Å². The van der Waals surface area contributed by atoms with E-state index in [2.05, 4.69) is 25.8 Å². The molecule has 37 heavy (non-hydrogen) atoms. The Balaban J connectivity index is 1.07. The van der Waals surface area contributed by atoms with Gasteiger partial charge < -0.3 is 20.4 Å². The van der Waals surface area contributed by atoms with Crippen LogP contribution in [0.15, 0.2) is 18.2 Å². The molecule has 0 radical (unpaired) electrons. The second-order valence-electron chi connectivity index (χ2n) is 11.2. The molecule has 4 fully saturated rings. The molecule has 9 heteroatoms. The van der Waals surface area contributed by atoms with Crippen LogP contribution in [0.3, 0.4) is 0 Å². The van der Waals surface area contributed by atoms with Crippen molar-refractivity contribution in [3.63, 3.8) is 0 Å². The number of rotatable bonds is 6. The molecular weight excluding hydrogens is 473 g/mol. The average Bonchev–Trinajstić information content (AvgIpc) is 2.91. The summed E-state index contributed by atoms with van der Waals surface area (Å²) in [5.41, 5.74) is 1.13. The van der Waals surface area contributed by atoms with Crippen molar-refractivity contribution >= 4 is 29.1 Å². The van der Waals surface area contributed by atoms with E-state index in [4.69, 9.17) is 0 Å². The number of imide groups is 1. The first-order valence-electron chi connectivity index (χ1n) is 14.2. The summed E-state index contributed by atoms with van der Waals surface area (Å²) in [5.74, 6) is -0.540. The Morgan fingerprint density at radius 1 is 0.919 bits per heavy atom. The number of nitrogens with one attached hydrogen (secondary N) is 3. The smallest absolute Gasteiger partial charge is 0.249 e. The van der Waals surface area contributed by atoms with E-state index in [0.29, 0.717) is 29.9 Å².